The third-order valence-corrected chi connectivity index (χ3v) is 5.93. The van der Waals surface area contributed by atoms with Crippen molar-refractivity contribution in [2.24, 2.45) is 0 Å². The van der Waals surface area contributed by atoms with E-state index >= 15 is 0 Å². The fourth-order valence-corrected chi connectivity index (χ4v) is 3.97. The lowest BCUT2D eigenvalue weighted by molar-refractivity contribution is 1.42. The van der Waals surface area contributed by atoms with Crippen molar-refractivity contribution < 1.29 is 0 Å². The van der Waals surface area contributed by atoms with Crippen molar-refractivity contribution in [3.8, 4) is 0 Å². The molecule has 0 aromatic heterocycles. The molecule has 0 spiro atoms. The lowest BCUT2D eigenvalue weighted by atomic mass is 10.1. The molecular formula is C27H21ClN2. The van der Waals surface area contributed by atoms with E-state index in [1.165, 1.54) is 21.5 Å². The second kappa shape index (κ2) is 7.74. The van der Waals surface area contributed by atoms with Crippen LogP contribution in [0.1, 0.15) is 5.56 Å². The van der Waals surface area contributed by atoms with E-state index in [2.05, 4.69) is 102 Å². The number of anilines is 4. The average Bonchev–Trinajstić information content (AvgIpc) is 2.78. The minimum Gasteiger partial charge on any atom is -0.355 e. The van der Waals surface area contributed by atoms with Gasteiger partial charge in [-0.2, -0.15) is 0 Å². The second-order valence-corrected chi connectivity index (χ2v) is 7.85. The molecule has 5 aromatic carbocycles. The van der Waals surface area contributed by atoms with Crippen molar-refractivity contribution in [3.05, 3.63) is 108 Å². The van der Waals surface area contributed by atoms with Gasteiger partial charge < -0.3 is 10.6 Å². The SMILES string of the molecule is Cc1c(Nc2ccc3ccccc3c2)ccc(Nc2ccc3ccccc3c2)c1Cl. The van der Waals surface area contributed by atoms with Crippen molar-refractivity contribution >= 4 is 55.9 Å². The van der Waals surface area contributed by atoms with Crippen molar-refractivity contribution in [2.75, 3.05) is 10.6 Å². The molecule has 2 nitrogen and oxygen atoms in total. The van der Waals surface area contributed by atoms with E-state index in [1.54, 1.807) is 0 Å². The Bertz CT molecular complexity index is 1270. The molecule has 0 bridgehead atoms. The summed E-state index contributed by atoms with van der Waals surface area (Å²) in [6.45, 7) is 2.04. The first-order valence-electron chi connectivity index (χ1n) is 9.98. The van der Waals surface area contributed by atoms with Crippen LogP contribution in [0, 0.1) is 6.92 Å². The van der Waals surface area contributed by atoms with Crippen LogP contribution in [0.2, 0.25) is 5.02 Å². The molecule has 5 rings (SSSR count). The molecule has 0 heterocycles. The molecule has 0 radical (unpaired) electrons. The van der Waals surface area contributed by atoms with Crippen LogP contribution >= 0.6 is 11.6 Å². The average molecular weight is 409 g/mol. The lowest BCUT2D eigenvalue weighted by Gasteiger charge is -2.16. The Morgan fingerprint density at radius 1 is 0.533 bits per heavy atom. The molecule has 30 heavy (non-hydrogen) atoms. The zero-order valence-corrected chi connectivity index (χ0v) is 17.4. The number of halogens is 1. The molecule has 2 N–H and O–H groups in total. The number of hydrogen-bond acceptors (Lipinski definition) is 2. The molecule has 0 unspecified atom stereocenters. The van der Waals surface area contributed by atoms with Crippen molar-refractivity contribution in [1.82, 2.24) is 0 Å². The van der Waals surface area contributed by atoms with Gasteiger partial charge in [-0.15, -0.1) is 0 Å². The molecule has 0 fully saturated rings. The smallest absolute Gasteiger partial charge is 0.0690 e. The van der Waals surface area contributed by atoms with Gasteiger partial charge in [-0.05, 0) is 70.4 Å². The largest absolute Gasteiger partial charge is 0.355 e. The Labute approximate surface area is 181 Å². The molecule has 0 aliphatic heterocycles. The fourth-order valence-electron chi connectivity index (χ4n) is 3.76. The number of rotatable bonds is 4. The van der Waals surface area contributed by atoms with Crippen molar-refractivity contribution in [2.45, 2.75) is 6.92 Å². The van der Waals surface area contributed by atoms with Crippen LogP contribution in [-0.2, 0) is 0 Å². The van der Waals surface area contributed by atoms with E-state index in [1.807, 2.05) is 13.0 Å². The topological polar surface area (TPSA) is 24.1 Å². The maximum atomic E-state index is 6.73. The highest BCUT2D eigenvalue weighted by Crippen LogP contribution is 2.35. The number of nitrogens with one attached hydrogen (secondary N) is 2. The third-order valence-electron chi connectivity index (χ3n) is 5.44. The fraction of sp³-hybridized carbons (Fsp3) is 0.0370. The molecule has 146 valence electrons. The highest BCUT2D eigenvalue weighted by Gasteiger charge is 2.09. The quantitative estimate of drug-likeness (QED) is 0.311. The van der Waals surface area contributed by atoms with Crippen molar-refractivity contribution in [3.63, 3.8) is 0 Å². The van der Waals surface area contributed by atoms with E-state index in [-0.39, 0.29) is 0 Å². The summed E-state index contributed by atoms with van der Waals surface area (Å²) in [5.41, 5.74) is 4.97. The van der Waals surface area contributed by atoms with Gasteiger partial charge >= 0.3 is 0 Å². The monoisotopic (exact) mass is 408 g/mol. The normalized spacial score (nSPS) is 11.0. The zero-order valence-electron chi connectivity index (χ0n) is 16.6. The first-order valence-corrected chi connectivity index (χ1v) is 10.4. The zero-order chi connectivity index (χ0) is 20.5. The molecule has 0 saturated heterocycles. The summed E-state index contributed by atoms with van der Waals surface area (Å²) >= 11 is 6.73. The Balaban J connectivity index is 1.42. The van der Waals surface area contributed by atoms with Crippen LogP contribution < -0.4 is 10.6 Å². The molecular weight excluding hydrogens is 388 g/mol. The number of fused-ring (bicyclic) bond motifs is 2. The van der Waals surface area contributed by atoms with Crippen molar-refractivity contribution in [1.29, 1.82) is 0 Å². The predicted octanol–water partition coefficient (Wildman–Crippen LogP) is 8.44. The van der Waals surface area contributed by atoms with Gasteiger partial charge in [-0.1, -0.05) is 72.3 Å². The molecule has 3 heteroatoms. The van der Waals surface area contributed by atoms with Gasteiger partial charge in [0, 0.05) is 17.1 Å². The van der Waals surface area contributed by atoms with Gasteiger partial charge in [-0.25, -0.2) is 0 Å². The molecule has 0 atom stereocenters. The van der Waals surface area contributed by atoms with Gasteiger partial charge in [0.2, 0.25) is 0 Å². The molecule has 0 aliphatic rings. The van der Waals surface area contributed by atoms with Crippen LogP contribution in [0.5, 0.6) is 0 Å². The first-order chi connectivity index (χ1) is 14.7. The summed E-state index contributed by atoms with van der Waals surface area (Å²) in [7, 11) is 0. The Kier molecular flexibility index (Phi) is 4.78. The van der Waals surface area contributed by atoms with Gasteiger partial charge in [0.1, 0.15) is 0 Å². The van der Waals surface area contributed by atoms with Crippen LogP contribution in [0.3, 0.4) is 0 Å². The van der Waals surface area contributed by atoms with Gasteiger partial charge in [0.15, 0.2) is 0 Å². The second-order valence-electron chi connectivity index (χ2n) is 7.47. The Morgan fingerprint density at radius 2 is 1.00 bits per heavy atom. The minimum absolute atomic E-state index is 0.717. The van der Waals surface area contributed by atoms with Crippen LogP contribution in [-0.4, -0.2) is 0 Å². The van der Waals surface area contributed by atoms with E-state index in [0.29, 0.717) is 5.02 Å². The van der Waals surface area contributed by atoms with Crippen LogP contribution in [0.25, 0.3) is 21.5 Å². The van der Waals surface area contributed by atoms with Crippen LogP contribution in [0.4, 0.5) is 22.7 Å². The number of benzene rings is 5. The standard InChI is InChI=1S/C27H21ClN2/c1-18-25(29-23-12-10-19-6-2-4-8-21(19)16-23)14-15-26(27(18)28)30-24-13-11-20-7-3-5-9-22(20)17-24/h2-17,29-30H,1H3. The summed E-state index contributed by atoms with van der Waals surface area (Å²) in [4.78, 5) is 0. The Morgan fingerprint density at radius 3 is 1.57 bits per heavy atom. The lowest BCUT2D eigenvalue weighted by Crippen LogP contribution is -1.97. The van der Waals surface area contributed by atoms with Gasteiger partial charge in [0.25, 0.3) is 0 Å². The Hall–Kier alpha value is -3.49. The predicted molar refractivity (Wildman–Crippen MR) is 131 cm³/mol. The summed E-state index contributed by atoms with van der Waals surface area (Å²) in [6.07, 6.45) is 0. The van der Waals surface area contributed by atoms with Crippen LogP contribution in [0.15, 0.2) is 97.1 Å². The maximum Gasteiger partial charge on any atom is 0.0690 e. The van der Waals surface area contributed by atoms with E-state index in [4.69, 9.17) is 11.6 Å². The third kappa shape index (κ3) is 3.58. The molecule has 0 saturated carbocycles. The van der Waals surface area contributed by atoms with E-state index in [9.17, 15) is 0 Å². The van der Waals surface area contributed by atoms with E-state index < -0.39 is 0 Å². The highest BCUT2D eigenvalue weighted by molar-refractivity contribution is 6.34. The minimum atomic E-state index is 0.717. The molecule has 0 amide bonds. The molecule has 5 aromatic rings. The molecule has 0 aliphatic carbocycles. The maximum absolute atomic E-state index is 6.73. The van der Waals surface area contributed by atoms with E-state index in [0.717, 1.165) is 28.3 Å². The van der Waals surface area contributed by atoms with Gasteiger partial charge in [0.05, 0.1) is 10.7 Å². The highest BCUT2D eigenvalue weighted by atomic mass is 35.5. The van der Waals surface area contributed by atoms with Gasteiger partial charge in [-0.3, -0.25) is 0 Å². The summed E-state index contributed by atoms with van der Waals surface area (Å²) in [5, 5.41) is 12.5. The number of hydrogen-bond donors (Lipinski definition) is 2. The first kappa shape index (κ1) is 18.5. The summed E-state index contributed by atoms with van der Waals surface area (Å²) in [5.74, 6) is 0. The summed E-state index contributed by atoms with van der Waals surface area (Å²) in [6, 6.07) is 33.5. The summed E-state index contributed by atoms with van der Waals surface area (Å²) < 4.78 is 0.